The fourth-order valence-corrected chi connectivity index (χ4v) is 5.12. The maximum Gasteiger partial charge on any atom is 0.313 e. The van der Waals surface area contributed by atoms with Crippen molar-refractivity contribution in [3.63, 3.8) is 0 Å². The van der Waals surface area contributed by atoms with Crippen LogP contribution < -0.4 is 0 Å². The lowest BCUT2D eigenvalue weighted by molar-refractivity contribution is -0.143. The normalized spacial score (nSPS) is 24.5. The Morgan fingerprint density at radius 3 is 2.81 bits per heavy atom. The first-order chi connectivity index (χ1) is 13.2. The van der Waals surface area contributed by atoms with E-state index in [0.717, 1.165) is 46.1 Å². The van der Waals surface area contributed by atoms with Gasteiger partial charge in [-0.1, -0.05) is 24.3 Å². The number of esters is 1. The van der Waals surface area contributed by atoms with E-state index in [1.807, 2.05) is 43.3 Å². The van der Waals surface area contributed by atoms with Gasteiger partial charge in [0.2, 0.25) is 0 Å². The maximum absolute atomic E-state index is 12.9. The highest BCUT2D eigenvalue weighted by Gasteiger charge is 2.48. The van der Waals surface area contributed by atoms with Crippen molar-refractivity contribution in [2.45, 2.75) is 25.3 Å². The van der Waals surface area contributed by atoms with Gasteiger partial charge < -0.3 is 14.3 Å². The van der Waals surface area contributed by atoms with Crippen LogP contribution in [0.15, 0.2) is 42.5 Å². The van der Waals surface area contributed by atoms with Crippen LogP contribution >= 0.6 is 0 Å². The van der Waals surface area contributed by atoms with Crippen LogP contribution in [0.2, 0.25) is 0 Å². The van der Waals surface area contributed by atoms with Gasteiger partial charge in [-0.2, -0.15) is 0 Å². The number of carbonyl (C=O) groups is 2. The van der Waals surface area contributed by atoms with Crippen molar-refractivity contribution in [3.05, 3.63) is 65.1 Å². The number of rotatable bonds is 2. The molecule has 1 aliphatic carbocycles. The molecule has 0 unspecified atom stereocenters. The lowest BCUT2D eigenvalue weighted by Crippen LogP contribution is -2.37. The molecule has 0 saturated carbocycles. The smallest absolute Gasteiger partial charge is 0.313 e. The van der Waals surface area contributed by atoms with Gasteiger partial charge in [-0.3, -0.25) is 9.59 Å². The largest absolute Gasteiger partial charge is 0.469 e. The van der Waals surface area contributed by atoms with Crippen molar-refractivity contribution < 1.29 is 14.3 Å². The van der Waals surface area contributed by atoms with Gasteiger partial charge in [0.15, 0.2) is 6.29 Å². The van der Waals surface area contributed by atoms with Gasteiger partial charge >= 0.3 is 5.97 Å². The second-order valence-electron chi connectivity index (χ2n) is 7.23. The van der Waals surface area contributed by atoms with E-state index in [1.54, 1.807) is 0 Å². The third-order valence-electron chi connectivity index (χ3n) is 6.14. The summed E-state index contributed by atoms with van der Waals surface area (Å²) in [5.74, 6) is -0.535. The van der Waals surface area contributed by atoms with Gasteiger partial charge in [-0.05, 0) is 42.7 Å². The summed E-state index contributed by atoms with van der Waals surface area (Å²) >= 11 is 0. The number of aromatic amines is 1. The minimum atomic E-state index is -0.355. The number of aromatic nitrogens is 2. The average molecular weight is 360 g/mol. The first kappa shape index (κ1) is 16.1. The number of hydrogen-bond donors (Lipinski definition) is 1. The Hall–Kier alpha value is -3.08. The molecule has 0 amide bonds. The van der Waals surface area contributed by atoms with Crippen LogP contribution in [0.25, 0.3) is 16.5 Å². The van der Waals surface area contributed by atoms with Crippen molar-refractivity contribution >= 4 is 28.7 Å². The summed E-state index contributed by atoms with van der Waals surface area (Å²) in [7, 11) is 1.45. The minimum absolute atomic E-state index is 0.00667. The lowest BCUT2D eigenvalue weighted by Gasteiger charge is -2.42. The molecule has 1 aliphatic heterocycles. The number of carbonyl (C=O) groups excluding carboxylic acids is 2. The quantitative estimate of drug-likeness (QED) is 0.554. The number of hydrogen-bond acceptors (Lipinski definition) is 3. The number of nitrogens with zero attached hydrogens (tertiary/aromatic N) is 1. The Morgan fingerprint density at radius 2 is 2.07 bits per heavy atom. The van der Waals surface area contributed by atoms with Gasteiger partial charge in [0.05, 0.1) is 24.8 Å². The molecule has 0 radical (unpaired) electrons. The molecule has 2 aliphatic rings. The first-order valence-corrected chi connectivity index (χ1v) is 9.20. The number of allylic oxidation sites excluding steroid dienone is 2. The molecule has 1 aromatic carbocycles. The average Bonchev–Trinajstić information content (AvgIpc) is 3.30. The number of ether oxygens (including phenoxy) is 1. The van der Waals surface area contributed by atoms with Crippen molar-refractivity contribution in [3.8, 4) is 0 Å². The van der Waals surface area contributed by atoms with Crippen LogP contribution in [0.3, 0.4) is 0 Å². The molecule has 0 spiro atoms. The van der Waals surface area contributed by atoms with Crippen LogP contribution in [-0.2, 0) is 9.53 Å². The number of nitrogens with one attached hydrogen (secondary N) is 1. The van der Waals surface area contributed by atoms with Gasteiger partial charge in [0, 0.05) is 28.2 Å². The van der Waals surface area contributed by atoms with E-state index in [-0.39, 0.29) is 23.8 Å². The third kappa shape index (κ3) is 1.99. The minimum Gasteiger partial charge on any atom is -0.469 e. The molecule has 3 atom stereocenters. The van der Waals surface area contributed by atoms with Crippen LogP contribution in [0.5, 0.6) is 0 Å². The predicted molar refractivity (Wildman–Crippen MR) is 103 cm³/mol. The van der Waals surface area contributed by atoms with E-state index < -0.39 is 0 Å². The van der Waals surface area contributed by atoms with Crippen LogP contribution in [0, 0.1) is 5.92 Å². The number of H-pyrrole nitrogens is 1. The second-order valence-corrected chi connectivity index (χ2v) is 7.23. The molecule has 2 aromatic heterocycles. The molecule has 2 bridgehead atoms. The fourth-order valence-electron chi connectivity index (χ4n) is 5.12. The monoisotopic (exact) mass is 360 g/mol. The molecule has 1 N–H and O–H groups in total. The van der Waals surface area contributed by atoms with Crippen LogP contribution in [0.1, 0.15) is 52.7 Å². The standard InChI is InChI=1S/C22H20N2O3/c1-3-13-15-10-18(24-12(11-25)8-9-17(13)24)21-19(20(15)22(26)27-2)14-6-4-5-7-16(14)23-21/h3-9,11,15,18,20,23H,10H2,1-2H3/b13-3+/t15-,18+,20+/m0/s1. The Kier molecular flexibility index (Phi) is 3.41. The molecular formula is C22H20N2O3. The molecular weight excluding hydrogens is 340 g/mol. The summed E-state index contributed by atoms with van der Waals surface area (Å²) in [5, 5.41) is 1.05. The number of benzene rings is 1. The van der Waals surface area contributed by atoms with Gasteiger partial charge in [-0.15, -0.1) is 0 Å². The summed E-state index contributed by atoms with van der Waals surface area (Å²) in [4.78, 5) is 28.1. The zero-order chi connectivity index (χ0) is 18.7. The zero-order valence-corrected chi connectivity index (χ0v) is 15.2. The van der Waals surface area contributed by atoms with Crippen molar-refractivity contribution in [1.29, 1.82) is 0 Å². The second kappa shape index (κ2) is 5.71. The summed E-state index contributed by atoms with van der Waals surface area (Å²) < 4.78 is 7.33. The van der Waals surface area contributed by atoms with Gasteiger partial charge in [-0.25, -0.2) is 0 Å². The summed E-state index contributed by atoms with van der Waals surface area (Å²) in [6.07, 6.45) is 3.74. The predicted octanol–water partition coefficient (Wildman–Crippen LogP) is 4.06. The highest BCUT2D eigenvalue weighted by Crippen LogP contribution is 2.55. The summed E-state index contributed by atoms with van der Waals surface area (Å²) in [6, 6.07) is 11.9. The molecule has 5 heteroatoms. The Bertz CT molecular complexity index is 1120. The number of aldehydes is 1. The molecule has 5 rings (SSSR count). The molecule has 3 heterocycles. The zero-order valence-electron chi connectivity index (χ0n) is 15.2. The highest BCUT2D eigenvalue weighted by molar-refractivity contribution is 5.94. The third-order valence-corrected chi connectivity index (χ3v) is 6.14. The Labute approximate surface area is 156 Å². The highest BCUT2D eigenvalue weighted by atomic mass is 16.5. The van der Waals surface area contributed by atoms with Gasteiger partial charge in [0.1, 0.15) is 0 Å². The Balaban J connectivity index is 1.87. The maximum atomic E-state index is 12.9. The molecule has 0 saturated heterocycles. The van der Waals surface area contributed by atoms with Crippen LogP contribution in [-0.4, -0.2) is 28.9 Å². The van der Waals surface area contributed by atoms with Crippen molar-refractivity contribution in [2.24, 2.45) is 5.92 Å². The SMILES string of the molecule is C/C=C1/c2ccc(C=O)n2[C@@H]2C[C@@H]1[C@@H](C(=O)OC)c1c2[nH]c2ccccc12. The molecule has 0 fully saturated rings. The molecule has 27 heavy (non-hydrogen) atoms. The molecule has 5 nitrogen and oxygen atoms in total. The fraction of sp³-hybridized carbons (Fsp3) is 0.273. The van der Waals surface area contributed by atoms with E-state index in [4.69, 9.17) is 4.74 Å². The van der Waals surface area contributed by atoms with E-state index in [9.17, 15) is 9.59 Å². The van der Waals surface area contributed by atoms with Crippen LogP contribution in [0.4, 0.5) is 0 Å². The number of methoxy groups -OCH3 is 1. The first-order valence-electron chi connectivity index (χ1n) is 9.20. The van der Waals surface area contributed by atoms with Crippen molar-refractivity contribution in [1.82, 2.24) is 9.55 Å². The molecule has 136 valence electrons. The number of para-hydroxylation sites is 1. The van der Waals surface area contributed by atoms with Crippen molar-refractivity contribution in [2.75, 3.05) is 7.11 Å². The Morgan fingerprint density at radius 1 is 1.26 bits per heavy atom. The summed E-state index contributed by atoms with van der Waals surface area (Å²) in [6.45, 7) is 1.99. The van der Waals surface area contributed by atoms with E-state index in [2.05, 4.69) is 15.6 Å². The number of fused-ring (bicyclic) bond motifs is 8. The lowest BCUT2D eigenvalue weighted by atomic mass is 9.68. The van der Waals surface area contributed by atoms with E-state index in [1.165, 1.54) is 7.11 Å². The topological polar surface area (TPSA) is 64.1 Å². The molecule has 3 aromatic rings. The van der Waals surface area contributed by atoms with Gasteiger partial charge in [0.25, 0.3) is 0 Å². The summed E-state index contributed by atoms with van der Waals surface area (Å²) in [5.41, 5.74) is 5.80. The van der Waals surface area contributed by atoms with E-state index >= 15 is 0 Å². The van der Waals surface area contributed by atoms with E-state index in [0.29, 0.717) is 5.69 Å².